The van der Waals surface area contributed by atoms with E-state index in [-0.39, 0.29) is 0 Å². The molecule has 1 heterocycles. The SMILES string of the molecule is CCCCCCCCCC(CN)N1CCCC1CN(C)C. The Bertz CT molecular complexity index is 243. The van der Waals surface area contributed by atoms with Gasteiger partial charge in [0.15, 0.2) is 0 Å². The number of likely N-dealkylation sites (N-methyl/N-ethyl adjacent to an activating group) is 1. The molecule has 0 bridgehead atoms. The van der Waals surface area contributed by atoms with Crippen LogP contribution in [-0.4, -0.2) is 55.6 Å². The first-order valence-electron chi connectivity index (χ1n) is 9.29. The Morgan fingerprint density at radius 2 is 1.76 bits per heavy atom. The summed E-state index contributed by atoms with van der Waals surface area (Å²) < 4.78 is 0. The van der Waals surface area contributed by atoms with Crippen LogP contribution in [0.2, 0.25) is 0 Å². The van der Waals surface area contributed by atoms with Crippen LogP contribution in [0.5, 0.6) is 0 Å². The van der Waals surface area contributed by atoms with E-state index in [0.717, 1.165) is 12.6 Å². The van der Waals surface area contributed by atoms with Crippen LogP contribution in [0.4, 0.5) is 0 Å². The van der Waals surface area contributed by atoms with Crippen molar-refractivity contribution in [2.24, 2.45) is 5.73 Å². The van der Waals surface area contributed by atoms with Gasteiger partial charge in [0.2, 0.25) is 0 Å². The molecule has 0 radical (unpaired) electrons. The molecule has 0 amide bonds. The summed E-state index contributed by atoms with van der Waals surface area (Å²) in [6.07, 6.45) is 13.8. The highest BCUT2D eigenvalue weighted by Crippen LogP contribution is 2.23. The summed E-state index contributed by atoms with van der Waals surface area (Å²) in [6.45, 7) is 5.57. The van der Waals surface area contributed by atoms with E-state index >= 15 is 0 Å². The second-order valence-electron chi connectivity index (χ2n) is 7.10. The fourth-order valence-electron chi connectivity index (χ4n) is 3.71. The molecule has 2 atom stereocenters. The predicted molar refractivity (Wildman–Crippen MR) is 93.7 cm³/mol. The average molecular weight is 298 g/mol. The molecule has 1 fully saturated rings. The lowest BCUT2D eigenvalue weighted by Crippen LogP contribution is -2.47. The van der Waals surface area contributed by atoms with Gasteiger partial charge in [-0.1, -0.05) is 51.9 Å². The van der Waals surface area contributed by atoms with Crippen molar-refractivity contribution in [3.8, 4) is 0 Å². The standard InChI is InChI=1S/C18H39N3/c1-4-5-6-7-8-9-10-12-17(15-19)21-14-11-13-18(21)16-20(2)3/h17-18H,4-16,19H2,1-3H3. The summed E-state index contributed by atoms with van der Waals surface area (Å²) in [6, 6.07) is 1.35. The molecule has 126 valence electrons. The Kier molecular flexibility index (Phi) is 10.3. The monoisotopic (exact) mass is 297 g/mol. The third-order valence-electron chi connectivity index (χ3n) is 4.88. The second kappa shape index (κ2) is 11.4. The Hall–Kier alpha value is -0.120. The van der Waals surface area contributed by atoms with Crippen molar-refractivity contribution in [3.05, 3.63) is 0 Å². The first-order valence-corrected chi connectivity index (χ1v) is 9.29. The largest absolute Gasteiger partial charge is 0.329 e. The Balaban J connectivity index is 2.20. The molecule has 3 nitrogen and oxygen atoms in total. The minimum atomic E-state index is 0.619. The Morgan fingerprint density at radius 3 is 2.38 bits per heavy atom. The van der Waals surface area contributed by atoms with Gasteiger partial charge in [0.25, 0.3) is 0 Å². The molecule has 2 N–H and O–H groups in total. The molecule has 21 heavy (non-hydrogen) atoms. The van der Waals surface area contributed by atoms with E-state index in [9.17, 15) is 0 Å². The number of nitrogens with zero attached hydrogens (tertiary/aromatic N) is 2. The summed E-state index contributed by atoms with van der Waals surface area (Å²) in [5.41, 5.74) is 6.07. The topological polar surface area (TPSA) is 32.5 Å². The molecule has 0 saturated carbocycles. The molecule has 1 rings (SSSR count). The van der Waals surface area contributed by atoms with E-state index in [0.29, 0.717) is 6.04 Å². The molecular weight excluding hydrogens is 258 g/mol. The van der Waals surface area contributed by atoms with Crippen LogP contribution < -0.4 is 5.73 Å². The van der Waals surface area contributed by atoms with Gasteiger partial charge >= 0.3 is 0 Å². The predicted octanol–water partition coefficient (Wildman–Crippen LogP) is 3.48. The van der Waals surface area contributed by atoms with Gasteiger partial charge in [0.05, 0.1) is 0 Å². The summed E-state index contributed by atoms with van der Waals surface area (Å²) in [5.74, 6) is 0. The minimum absolute atomic E-state index is 0.619. The van der Waals surface area contributed by atoms with Crippen LogP contribution in [0, 0.1) is 0 Å². The van der Waals surface area contributed by atoms with Crippen molar-refractivity contribution < 1.29 is 0 Å². The average Bonchev–Trinajstić information content (AvgIpc) is 2.89. The number of unbranched alkanes of at least 4 members (excludes halogenated alkanes) is 6. The van der Waals surface area contributed by atoms with Gasteiger partial charge in [-0.15, -0.1) is 0 Å². The number of rotatable bonds is 12. The van der Waals surface area contributed by atoms with Crippen LogP contribution in [-0.2, 0) is 0 Å². The van der Waals surface area contributed by atoms with Crippen LogP contribution in [0.15, 0.2) is 0 Å². The van der Waals surface area contributed by atoms with E-state index in [1.54, 1.807) is 0 Å². The maximum atomic E-state index is 6.07. The Morgan fingerprint density at radius 1 is 1.10 bits per heavy atom. The zero-order valence-electron chi connectivity index (χ0n) is 14.8. The molecule has 1 aliphatic heterocycles. The van der Waals surface area contributed by atoms with Crippen molar-refractivity contribution in [3.63, 3.8) is 0 Å². The van der Waals surface area contributed by atoms with E-state index in [1.807, 2.05) is 0 Å². The molecule has 3 heteroatoms. The van der Waals surface area contributed by atoms with Crippen molar-refractivity contribution in [1.29, 1.82) is 0 Å². The first-order chi connectivity index (χ1) is 10.2. The zero-order chi connectivity index (χ0) is 15.5. The molecular formula is C18H39N3. The van der Waals surface area contributed by atoms with Gasteiger partial charge in [0, 0.05) is 25.2 Å². The van der Waals surface area contributed by atoms with Gasteiger partial charge in [-0.2, -0.15) is 0 Å². The van der Waals surface area contributed by atoms with E-state index in [2.05, 4.69) is 30.8 Å². The van der Waals surface area contributed by atoms with Crippen LogP contribution in [0.1, 0.15) is 71.1 Å². The summed E-state index contributed by atoms with van der Waals surface area (Å²) in [7, 11) is 4.37. The van der Waals surface area contributed by atoms with Gasteiger partial charge in [-0.05, 0) is 39.9 Å². The molecule has 1 aliphatic rings. The second-order valence-corrected chi connectivity index (χ2v) is 7.10. The third kappa shape index (κ3) is 7.62. The first kappa shape index (κ1) is 18.9. The number of hydrogen-bond donors (Lipinski definition) is 1. The maximum Gasteiger partial charge on any atom is 0.0226 e. The number of nitrogens with two attached hydrogens (primary N) is 1. The van der Waals surface area contributed by atoms with Gasteiger partial charge in [-0.3, -0.25) is 4.90 Å². The van der Waals surface area contributed by atoms with Crippen molar-refractivity contribution in [2.75, 3.05) is 33.7 Å². The van der Waals surface area contributed by atoms with Crippen LogP contribution >= 0.6 is 0 Å². The minimum Gasteiger partial charge on any atom is -0.329 e. The molecule has 0 aliphatic carbocycles. The molecule has 0 aromatic heterocycles. The number of likely N-dealkylation sites (tertiary alicyclic amines) is 1. The summed E-state index contributed by atoms with van der Waals surface area (Å²) in [4.78, 5) is 5.03. The quantitative estimate of drug-likeness (QED) is 0.560. The molecule has 0 aromatic carbocycles. The van der Waals surface area contributed by atoms with E-state index in [4.69, 9.17) is 5.73 Å². The normalized spacial score (nSPS) is 21.3. The highest BCUT2D eigenvalue weighted by Gasteiger charge is 2.29. The molecule has 2 unspecified atom stereocenters. The van der Waals surface area contributed by atoms with Crippen LogP contribution in [0.25, 0.3) is 0 Å². The fraction of sp³-hybridized carbons (Fsp3) is 1.00. The smallest absolute Gasteiger partial charge is 0.0226 e. The molecule has 1 saturated heterocycles. The summed E-state index contributed by atoms with van der Waals surface area (Å²) >= 11 is 0. The lowest BCUT2D eigenvalue weighted by Gasteiger charge is -2.34. The highest BCUT2D eigenvalue weighted by atomic mass is 15.2. The lowest BCUT2D eigenvalue weighted by molar-refractivity contribution is 0.146. The summed E-state index contributed by atoms with van der Waals surface area (Å²) in [5, 5.41) is 0. The Labute approximate surface area is 133 Å². The lowest BCUT2D eigenvalue weighted by atomic mass is 10.0. The number of hydrogen-bond acceptors (Lipinski definition) is 3. The maximum absolute atomic E-state index is 6.07. The zero-order valence-corrected chi connectivity index (χ0v) is 14.8. The van der Waals surface area contributed by atoms with Gasteiger partial charge < -0.3 is 10.6 Å². The van der Waals surface area contributed by atoms with Gasteiger partial charge in [0.1, 0.15) is 0 Å². The van der Waals surface area contributed by atoms with E-state index in [1.165, 1.54) is 77.3 Å². The third-order valence-corrected chi connectivity index (χ3v) is 4.88. The van der Waals surface area contributed by atoms with Crippen molar-refractivity contribution >= 4 is 0 Å². The van der Waals surface area contributed by atoms with Crippen molar-refractivity contribution in [2.45, 2.75) is 83.2 Å². The fourth-order valence-corrected chi connectivity index (χ4v) is 3.71. The molecule has 0 aromatic rings. The highest BCUT2D eigenvalue weighted by molar-refractivity contribution is 4.86. The van der Waals surface area contributed by atoms with Crippen molar-refractivity contribution in [1.82, 2.24) is 9.80 Å². The van der Waals surface area contributed by atoms with Crippen LogP contribution in [0.3, 0.4) is 0 Å². The molecule has 0 spiro atoms. The van der Waals surface area contributed by atoms with E-state index < -0.39 is 0 Å². The van der Waals surface area contributed by atoms with Gasteiger partial charge in [-0.25, -0.2) is 0 Å².